The van der Waals surface area contributed by atoms with Gasteiger partial charge in [0, 0.05) is 11.8 Å². The SMILES string of the molecule is COc1ccccc1OC[C@@H](CCl)S[C@H](CCl)COc1ccccc1OC. The second-order valence-electron chi connectivity index (χ2n) is 5.61. The second kappa shape index (κ2) is 12.1. The van der Waals surface area contributed by atoms with E-state index in [9.17, 15) is 0 Å². The van der Waals surface area contributed by atoms with Gasteiger partial charge in [0.25, 0.3) is 0 Å². The van der Waals surface area contributed by atoms with E-state index >= 15 is 0 Å². The highest BCUT2D eigenvalue weighted by atomic mass is 35.5. The highest BCUT2D eigenvalue weighted by molar-refractivity contribution is 8.00. The molecule has 0 aromatic heterocycles. The molecule has 2 aromatic carbocycles. The quantitative estimate of drug-likeness (QED) is 0.437. The number of benzene rings is 2. The molecular weight excluding hydrogens is 407 g/mol. The Labute approximate surface area is 175 Å². The van der Waals surface area contributed by atoms with Crippen LogP contribution in [-0.4, -0.2) is 49.7 Å². The van der Waals surface area contributed by atoms with Crippen LogP contribution in [0.25, 0.3) is 0 Å². The van der Waals surface area contributed by atoms with Gasteiger partial charge in [0.1, 0.15) is 13.2 Å². The summed E-state index contributed by atoms with van der Waals surface area (Å²) in [5.74, 6) is 3.68. The topological polar surface area (TPSA) is 36.9 Å². The van der Waals surface area contributed by atoms with E-state index in [-0.39, 0.29) is 10.5 Å². The molecule has 2 rings (SSSR count). The van der Waals surface area contributed by atoms with Crippen LogP contribution in [0.3, 0.4) is 0 Å². The van der Waals surface area contributed by atoms with Gasteiger partial charge in [0.05, 0.1) is 24.7 Å². The maximum atomic E-state index is 6.14. The summed E-state index contributed by atoms with van der Waals surface area (Å²) in [4.78, 5) is 0. The first-order chi connectivity index (χ1) is 13.2. The smallest absolute Gasteiger partial charge is 0.161 e. The van der Waals surface area contributed by atoms with Gasteiger partial charge >= 0.3 is 0 Å². The van der Waals surface area contributed by atoms with Crippen LogP contribution in [-0.2, 0) is 0 Å². The van der Waals surface area contributed by atoms with E-state index < -0.39 is 0 Å². The number of methoxy groups -OCH3 is 2. The second-order valence-corrected chi connectivity index (χ2v) is 7.84. The Hall–Kier alpha value is -1.43. The molecule has 2 atom stereocenters. The van der Waals surface area contributed by atoms with Crippen molar-refractivity contribution in [3.63, 3.8) is 0 Å². The zero-order valence-corrected chi connectivity index (χ0v) is 17.7. The molecule has 0 saturated heterocycles. The van der Waals surface area contributed by atoms with E-state index in [1.54, 1.807) is 26.0 Å². The van der Waals surface area contributed by atoms with Crippen LogP contribution in [0.1, 0.15) is 0 Å². The summed E-state index contributed by atoms with van der Waals surface area (Å²) < 4.78 is 22.4. The highest BCUT2D eigenvalue weighted by Crippen LogP contribution is 2.30. The first kappa shape index (κ1) is 21.9. The maximum absolute atomic E-state index is 6.14. The van der Waals surface area contributed by atoms with Crippen LogP contribution in [0.2, 0.25) is 0 Å². The minimum Gasteiger partial charge on any atom is -0.493 e. The Kier molecular flexibility index (Phi) is 9.81. The predicted octanol–water partition coefficient (Wildman–Crippen LogP) is 5.11. The molecule has 0 saturated carbocycles. The summed E-state index contributed by atoms with van der Waals surface area (Å²) in [6.07, 6.45) is 0. The van der Waals surface area contributed by atoms with Crippen LogP contribution < -0.4 is 18.9 Å². The van der Waals surface area contributed by atoms with Crippen molar-refractivity contribution in [3.8, 4) is 23.0 Å². The largest absolute Gasteiger partial charge is 0.493 e. The van der Waals surface area contributed by atoms with Gasteiger partial charge in [0.2, 0.25) is 0 Å². The fourth-order valence-electron chi connectivity index (χ4n) is 2.35. The van der Waals surface area contributed by atoms with Crippen LogP contribution >= 0.6 is 35.0 Å². The average molecular weight is 431 g/mol. The normalized spacial score (nSPS) is 12.9. The molecule has 148 valence electrons. The lowest BCUT2D eigenvalue weighted by molar-refractivity contribution is 0.293. The lowest BCUT2D eigenvalue weighted by Gasteiger charge is -2.22. The third-order valence-corrected chi connectivity index (χ3v) is 6.20. The van der Waals surface area contributed by atoms with Gasteiger partial charge in [-0.15, -0.1) is 35.0 Å². The lowest BCUT2D eigenvalue weighted by atomic mass is 10.3. The molecule has 0 amide bonds. The number of rotatable bonds is 12. The van der Waals surface area contributed by atoms with Crippen LogP contribution in [0.15, 0.2) is 48.5 Å². The molecule has 2 aromatic rings. The molecule has 0 aliphatic heterocycles. The van der Waals surface area contributed by atoms with Crippen LogP contribution in [0, 0.1) is 0 Å². The average Bonchev–Trinajstić information content (AvgIpc) is 2.73. The highest BCUT2D eigenvalue weighted by Gasteiger charge is 2.19. The number of hydrogen-bond donors (Lipinski definition) is 0. The lowest BCUT2D eigenvalue weighted by Crippen LogP contribution is -2.25. The Morgan fingerprint density at radius 1 is 0.704 bits per heavy atom. The van der Waals surface area contributed by atoms with Crippen molar-refractivity contribution in [3.05, 3.63) is 48.5 Å². The molecule has 0 spiro atoms. The summed E-state index contributed by atoms with van der Waals surface area (Å²) in [6, 6.07) is 15.1. The van der Waals surface area contributed by atoms with Crippen molar-refractivity contribution in [1.82, 2.24) is 0 Å². The van der Waals surface area contributed by atoms with Gasteiger partial charge in [-0.3, -0.25) is 0 Å². The van der Waals surface area contributed by atoms with Gasteiger partial charge < -0.3 is 18.9 Å². The molecule has 0 radical (unpaired) electrons. The van der Waals surface area contributed by atoms with Crippen molar-refractivity contribution in [2.24, 2.45) is 0 Å². The molecule has 0 unspecified atom stereocenters. The third kappa shape index (κ3) is 6.91. The third-order valence-electron chi connectivity index (χ3n) is 3.72. The molecule has 0 heterocycles. The van der Waals surface area contributed by atoms with E-state index in [0.717, 1.165) is 0 Å². The van der Waals surface area contributed by atoms with E-state index in [0.29, 0.717) is 48.0 Å². The molecular formula is C20H24Cl2O4S. The molecule has 0 fully saturated rings. The molecule has 0 aliphatic rings. The minimum absolute atomic E-state index is 0.0709. The molecule has 0 aliphatic carbocycles. The van der Waals surface area contributed by atoms with E-state index in [4.69, 9.17) is 42.1 Å². The summed E-state index contributed by atoms with van der Waals surface area (Å²) in [7, 11) is 3.24. The van der Waals surface area contributed by atoms with E-state index in [2.05, 4.69) is 0 Å². The van der Waals surface area contributed by atoms with Crippen molar-refractivity contribution in [2.75, 3.05) is 39.2 Å². The summed E-state index contributed by atoms with van der Waals surface area (Å²) in [5.41, 5.74) is 0. The standard InChI is InChI=1S/C20H24Cl2O4S/c1-23-17-7-3-5-9-19(17)25-13-15(11-21)27-16(12-22)14-26-20-10-6-4-8-18(20)24-2/h3-10,15-16H,11-14H2,1-2H3/t15-,16-/m1/s1. The molecule has 0 N–H and O–H groups in total. The zero-order valence-electron chi connectivity index (χ0n) is 15.4. The molecule has 4 nitrogen and oxygen atoms in total. The van der Waals surface area contributed by atoms with Gasteiger partial charge in [-0.1, -0.05) is 24.3 Å². The monoisotopic (exact) mass is 430 g/mol. The number of halogens is 2. The first-order valence-corrected chi connectivity index (χ1v) is 10.5. The van der Waals surface area contributed by atoms with Crippen LogP contribution in [0.4, 0.5) is 0 Å². The maximum Gasteiger partial charge on any atom is 0.161 e. The van der Waals surface area contributed by atoms with E-state index in [1.165, 1.54) is 0 Å². The van der Waals surface area contributed by atoms with Crippen molar-refractivity contribution in [1.29, 1.82) is 0 Å². The van der Waals surface area contributed by atoms with Crippen molar-refractivity contribution in [2.45, 2.75) is 10.5 Å². The number of hydrogen-bond acceptors (Lipinski definition) is 5. The Bertz CT molecular complexity index is 629. The zero-order chi connectivity index (χ0) is 19.5. The Balaban J connectivity index is 1.88. The summed E-state index contributed by atoms with van der Waals surface area (Å²) in [6.45, 7) is 0.910. The molecule has 7 heteroatoms. The molecule has 0 bridgehead atoms. The summed E-state index contributed by atoms with van der Waals surface area (Å²) in [5, 5.41) is 0.142. The van der Waals surface area contributed by atoms with E-state index in [1.807, 2.05) is 48.5 Å². The Morgan fingerprint density at radius 3 is 1.41 bits per heavy atom. The Morgan fingerprint density at radius 2 is 1.07 bits per heavy atom. The number of para-hydroxylation sites is 4. The fraction of sp³-hybridized carbons (Fsp3) is 0.400. The van der Waals surface area contributed by atoms with Gasteiger partial charge in [-0.05, 0) is 24.3 Å². The first-order valence-electron chi connectivity index (χ1n) is 8.50. The van der Waals surface area contributed by atoms with Gasteiger partial charge in [0.15, 0.2) is 23.0 Å². The van der Waals surface area contributed by atoms with Gasteiger partial charge in [-0.2, -0.15) is 0 Å². The number of thioether (sulfide) groups is 1. The van der Waals surface area contributed by atoms with Gasteiger partial charge in [-0.25, -0.2) is 0 Å². The van der Waals surface area contributed by atoms with Crippen molar-refractivity contribution < 1.29 is 18.9 Å². The minimum atomic E-state index is 0.0709. The fourth-order valence-corrected chi connectivity index (χ4v) is 3.95. The predicted molar refractivity (Wildman–Crippen MR) is 114 cm³/mol. The number of alkyl halides is 2. The number of ether oxygens (including phenoxy) is 4. The summed E-state index contributed by atoms with van der Waals surface area (Å²) >= 11 is 13.9. The molecule has 27 heavy (non-hydrogen) atoms. The van der Waals surface area contributed by atoms with Crippen molar-refractivity contribution >= 4 is 35.0 Å². The van der Waals surface area contributed by atoms with Crippen LogP contribution in [0.5, 0.6) is 23.0 Å².